The van der Waals surface area contributed by atoms with E-state index in [9.17, 15) is 14.4 Å². The maximum atomic E-state index is 12.6. The van der Waals surface area contributed by atoms with Crippen LogP contribution in [0, 0.1) is 6.92 Å². The Morgan fingerprint density at radius 1 is 0.763 bits per heavy atom. The van der Waals surface area contributed by atoms with Crippen molar-refractivity contribution in [3.05, 3.63) is 125 Å². The maximum Gasteiger partial charge on any atom is 0.343 e. The van der Waals surface area contributed by atoms with Crippen LogP contribution in [-0.2, 0) is 0 Å². The van der Waals surface area contributed by atoms with Gasteiger partial charge in [0.1, 0.15) is 11.5 Å². The number of para-hydroxylation sites is 1. The van der Waals surface area contributed by atoms with E-state index in [0.29, 0.717) is 33.7 Å². The highest BCUT2D eigenvalue weighted by molar-refractivity contribution is 6.05. The van der Waals surface area contributed by atoms with E-state index >= 15 is 0 Å². The van der Waals surface area contributed by atoms with Gasteiger partial charge in [0, 0.05) is 22.4 Å². The quantitative estimate of drug-likeness (QED) is 0.147. The van der Waals surface area contributed by atoms with Crippen LogP contribution in [0.3, 0.4) is 0 Å². The van der Waals surface area contributed by atoms with Crippen molar-refractivity contribution in [3.8, 4) is 11.5 Å². The summed E-state index contributed by atoms with van der Waals surface area (Å²) in [6, 6.07) is 27.1. The Morgan fingerprint density at radius 3 is 2.21 bits per heavy atom. The Hall–Kier alpha value is -5.24. The third-order valence-corrected chi connectivity index (χ3v) is 5.51. The smallest absolute Gasteiger partial charge is 0.343 e. The maximum absolute atomic E-state index is 12.6. The molecule has 0 atom stereocenters. The van der Waals surface area contributed by atoms with Crippen LogP contribution in [-0.4, -0.2) is 31.1 Å². The highest BCUT2D eigenvalue weighted by Crippen LogP contribution is 2.19. The minimum atomic E-state index is -0.540. The number of hydrogen-bond donors (Lipinski definition) is 2. The molecule has 0 aliphatic carbocycles. The fourth-order valence-corrected chi connectivity index (χ4v) is 3.44. The molecule has 0 aromatic heterocycles. The number of hydrazone groups is 1. The van der Waals surface area contributed by atoms with E-state index in [1.807, 2.05) is 19.1 Å². The van der Waals surface area contributed by atoms with Gasteiger partial charge >= 0.3 is 5.97 Å². The molecule has 0 saturated carbocycles. The number of carbonyl (C=O) groups is 3. The van der Waals surface area contributed by atoms with Gasteiger partial charge in [0.25, 0.3) is 11.8 Å². The van der Waals surface area contributed by atoms with Crippen LogP contribution in [0.4, 0.5) is 5.69 Å². The second-order valence-corrected chi connectivity index (χ2v) is 8.26. The van der Waals surface area contributed by atoms with Gasteiger partial charge in [0.2, 0.25) is 0 Å². The number of methoxy groups -OCH3 is 1. The number of nitrogens with zero attached hydrogens (tertiary/aromatic N) is 1. The van der Waals surface area contributed by atoms with Crippen LogP contribution in [0.25, 0.3) is 0 Å². The largest absolute Gasteiger partial charge is 0.497 e. The number of benzene rings is 4. The third-order valence-electron chi connectivity index (χ3n) is 5.51. The van der Waals surface area contributed by atoms with Crippen LogP contribution >= 0.6 is 0 Å². The van der Waals surface area contributed by atoms with Crippen molar-refractivity contribution >= 4 is 29.7 Å². The number of amides is 2. The highest BCUT2D eigenvalue weighted by Gasteiger charge is 2.12. The van der Waals surface area contributed by atoms with Crippen molar-refractivity contribution in [2.24, 2.45) is 5.10 Å². The summed E-state index contributed by atoms with van der Waals surface area (Å²) in [7, 11) is 1.54. The molecule has 0 aliphatic rings. The van der Waals surface area contributed by atoms with E-state index in [0.717, 1.165) is 5.56 Å². The second kappa shape index (κ2) is 12.1. The summed E-state index contributed by atoms with van der Waals surface area (Å²) in [4.78, 5) is 37.7. The summed E-state index contributed by atoms with van der Waals surface area (Å²) < 4.78 is 10.6. The van der Waals surface area contributed by atoms with Crippen LogP contribution in [0.2, 0.25) is 0 Å². The molecule has 0 radical (unpaired) electrons. The molecule has 0 fully saturated rings. The Balaban J connectivity index is 1.39. The Morgan fingerprint density at radius 2 is 1.47 bits per heavy atom. The predicted molar refractivity (Wildman–Crippen MR) is 145 cm³/mol. The molecule has 0 bridgehead atoms. The second-order valence-electron chi connectivity index (χ2n) is 8.26. The Kier molecular flexibility index (Phi) is 8.25. The van der Waals surface area contributed by atoms with Gasteiger partial charge in [-0.1, -0.05) is 35.9 Å². The number of ether oxygens (including phenoxy) is 2. The van der Waals surface area contributed by atoms with Crippen LogP contribution in [0.1, 0.15) is 42.2 Å². The first-order chi connectivity index (χ1) is 18.4. The monoisotopic (exact) mass is 507 g/mol. The normalized spacial score (nSPS) is 10.6. The molecule has 4 aromatic rings. The number of nitrogens with one attached hydrogen (secondary N) is 2. The van der Waals surface area contributed by atoms with Crippen LogP contribution in [0.15, 0.2) is 102 Å². The zero-order valence-electron chi connectivity index (χ0n) is 20.8. The fraction of sp³-hybridized carbons (Fsp3) is 0.0667. The first-order valence-corrected chi connectivity index (χ1v) is 11.7. The van der Waals surface area contributed by atoms with Gasteiger partial charge in [-0.25, -0.2) is 10.2 Å². The summed E-state index contributed by atoms with van der Waals surface area (Å²) in [5, 5.41) is 6.80. The predicted octanol–water partition coefficient (Wildman–Crippen LogP) is 5.24. The number of anilines is 1. The van der Waals surface area contributed by atoms with Gasteiger partial charge in [0.15, 0.2) is 0 Å². The average molecular weight is 508 g/mol. The summed E-state index contributed by atoms with van der Waals surface area (Å²) >= 11 is 0. The lowest BCUT2D eigenvalue weighted by Gasteiger charge is -2.08. The number of hydrogen-bond acceptors (Lipinski definition) is 6. The van der Waals surface area contributed by atoms with E-state index in [4.69, 9.17) is 9.47 Å². The van der Waals surface area contributed by atoms with Crippen molar-refractivity contribution in [2.75, 3.05) is 12.4 Å². The van der Waals surface area contributed by atoms with Crippen molar-refractivity contribution in [1.29, 1.82) is 0 Å². The summed E-state index contributed by atoms with van der Waals surface area (Å²) in [5.74, 6) is -0.375. The molecule has 0 heterocycles. The molecule has 0 saturated heterocycles. The molecule has 0 aliphatic heterocycles. The highest BCUT2D eigenvalue weighted by atomic mass is 16.5. The lowest BCUT2D eigenvalue weighted by molar-refractivity contribution is 0.0734. The van der Waals surface area contributed by atoms with Crippen molar-refractivity contribution < 1.29 is 23.9 Å². The first-order valence-electron chi connectivity index (χ1n) is 11.7. The van der Waals surface area contributed by atoms with E-state index in [-0.39, 0.29) is 11.7 Å². The lowest BCUT2D eigenvalue weighted by Crippen LogP contribution is -2.18. The summed E-state index contributed by atoms with van der Waals surface area (Å²) in [5.41, 5.74) is 5.66. The number of rotatable bonds is 8. The summed E-state index contributed by atoms with van der Waals surface area (Å²) in [6.45, 7) is 1.94. The van der Waals surface area contributed by atoms with E-state index in [1.165, 1.54) is 6.21 Å². The Labute approximate surface area is 219 Å². The molecule has 4 aromatic carbocycles. The zero-order chi connectivity index (χ0) is 26.9. The lowest BCUT2D eigenvalue weighted by atomic mass is 10.1. The molecule has 8 heteroatoms. The fourth-order valence-electron chi connectivity index (χ4n) is 3.44. The molecule has 2 amide bonds. The van der Waals surface area contributed by atoms with Gasteiger partial charge in [0.05, 0.1) is 18.9 Å². The zero-order valence-corrected chi connectivity index (χ0v) is 20.8. The van der Waals surface area contributed by atoms with Crippen molar-refractivity contribution in [3.63, 3.8) is 0 Å². The van der Waals surface area contributed by atoms with Gasteiger partial charge in [-0.15, -0.1) is 0 Å². The van der Waals surface area contributed by atoms with Gasteiger partial charge in [-0.3, -0.25) is 9.59 Å². The minimum absolute atomic E-state index is 0.277. The standard InChI is InChI=1S/C30H25N3O5/c1-20-10-12-21(13-11-20)28(34)32-25-8-5-7-23(18-25)29(35)33-31-19-24-6-3-4-9-27(24)38-30(36)22-14-16-26(37-2)17-15-22/h3-19H,1-2H3,(H,32,34)(H,33,35). The Bertz CT molecular complexity index is 1480. The van der Waals surface area contributed by atoms with Crippen LogP contribution in [0.5, 0.6) is 11.5 Å². The SMILES string of the molecule is COc1ccc(C(=O)Oc2ccccc2C=NNC(=O)c2cccc(NC(=O)c3ccc(C)cc3)c2)cc1. The van der Waals surface area contributed by atoms with Crippen LogP contribution < -0.4 is 20.2 Å². The molecular weight excluding hydrogens is 482 g/mol. The average Bonchev–Trinajstić information content (AvgIpc) is 2.94. The molecule has 0 spiro atoms. The third kappa shape index (κ3) is 6.70. The molecule has 0 unspecified atom stereocenters. The van der Waals surface area contributed by atoms with Crippen molar-refractivity contribution in [1.82, 2.24) is 5.43 Å². The van der Waals surface area contributed by atoms with Crippen molar-refractivity contribution in [2.45, 2.75) is 6.92 Å². The van der Waals surface area contributed by atoms with Gasteiger partial charge in [-0.05, 0) is 73.7 Å². The molecule has 38 heavy (non-hydrogen) atoms. The van der Waals surface area contributed by atoms with E-state index in [1.54, 1.807) is 92.0 Å². The van der Waals surface area contributed by atoms with E-state index in [2.05, 4.69) is 15.8 Å². The molecular formula is C30H25N3O5. The number of carbonyl (C=O) groups excluding carboxylic acids is 3. The summed E-state index contributed by atoms with van der Waals surface area (Å²) in [6.07, 6.45) is 1.39. The number of esters is 1. The van der Waals surface area contributed by atoms with Gasteiger partial charge in [-0.2, -0.15) is 5.10 Å². The molecule has 190 valence electrons. The van der Waals surface area contributed by atoms with Gasteiger partial charge < -0.3 is 14.8 Å². The first kappa shape index (κ1) is 25.8. The molecule has 4 rings (SSSR count). The number of aryl methyl sites for hydroxylation is 1. The topological polar surface area (TPSA) is 106 Å². The van der Waals surface area contributed by atoms with E-state index < -0.39 is 11.9 Å². The molecule has 2 N–H and O–H groups in total. The minimum Gasteiger partial charge on any atom is -0.497 e. The molecule has 8 nitrogen and oxygen atoms in total.